The van der Waals surface area contributed by atoms with E-state index in [-0.39, 0.29) is 5.56 Å². The Balaban J connectivity index is 1.81. The van der Waals surface area contributed by atoms with Crippen LogP contribution in [0.4, 0.5) is 8.78 Å². The summed E-state index contributed by atoms with van der Waals surface area (Å²) in [4.78, 5) is 0. The van der Waals surface area contributed by atoms with E-state index in [0.717, 1.165) is 22.4 Å². The monoisotopic (exact) mass is 372 g/mol. The van der Waals surface area contributed by atoms with Gasteiger partial charge in [-0.1, -0.05) is 29.7 Å². The molecule has 0 saturated heterocycles. The minimum Gasteiger partial charge on any atom is -0.495 e. The third-order valence-corrected chi connectivity index (χ3v) is 4.10. The first kappa shape index (κ1) is 19.2. The number of halogens is 2. The third-order valence-electron chi connectivity index (χ3n) is 4.10. The van der Waals surface area contributed by atoms with Crippen LogP contribution in [0.15, 0.2) is 54.6 Å². The van der Waals surface area contributed by atoms with Gasteiger partial charge in [0.15, 0.2) is 0 Å². The highest BCUT2D eigenvalue weighted by Gasteiger charge is 2.07. The summed E-state index contributed by atoms with van der Waals surface area (Å²) in [6.45, 7) is 3.63. The molecule has 0 bridgehead atoms. The topological polar surface area (TPSA) is 9.23 Å². The molecule has 0 aliphatic heterocycles. The molecular weight excluding hydrogens is 354 g/mol. The summed E-state index contributed by atoms with van der Waals surface area (Å²) in [6.07, 6.45) is 0. The average molecular weight is 372 g/mol. The number of benzene rings is 3. The van der Waals surface area contributed by atoms with E-state index in [9.17, 15) is 8.78 Å². The Hall–Kier alpha value is -3.56. The smallest absolute Gasteiger partial charge is 0.142 e. The van der Waals surface area contributed by atoms with E-state index in [4.69, 9.17) is 4.74 Å². The molecule has 0 atom stereocenters. The molecule has 0 radical (unpaired) electrons. The molecule has 3 aromatic rings. The molecule has 0 spiro atoms. The lowest BCUT2D eigenvalue weighted by molar-refractivity contribution is 0.413. The third kappa shape index (κ3) is 4.58. The largest absolute Gasteiger partial charge is 0.495 e. The molecule has 3 aromatic carbocycles. The van der Waals surface area contributed by atoms with Gasteiger partial charge in [0.05, 0.1) is 18.2 Å². The number of methoxy groups -OCH3 is 1. The average Bonchev–Trinajstić information content (AvgIpc) is 2.67. The Kier molecular flexibility index (Phi) is 5.78. The lowest BCUT2D eigenvalue weighted by atomic mass is 10.1. The second kappa shape index (κ2) is 8.42. The van der Waals surface area contributed by atoms with Crippen molar-refractivity contribution in [2.24, 2.45) is 0 Å². The van der Waals surface area contributed by atoms with Gasteiger partial charge in [-0.3, -0.25) is 0 Å². The summed E-state index contributed by atoms with van der Waals surface area (Å²) < 4.78 is 33.1. The van der Waals surface area contributed by atoms with E-state index in [1.165, 1.54) is 12.1 Å². The molecule has 0 aliphatic rings. The fourth-order valence-corrected chi connectivity index (χ4v) is 2.63. The summed E-state index contributed by atoms with van der Waals surface area (Å²) in [6, 6.07) is 15.6. The van der Waals surface area contributed by atoms with Gasteiger partial charge in [-0.2, -0.15) is 0 Å². The van der Waals surface area contributed by atoms with E-state index in [0.29, 0.717) is 11.1 Å². The Morgan fingerprint density at radius 1 is 0.679 bits per heavy atom. The van der Waals surface area contributed by atoms with Crippen molar-refractivity contribution in [2.75, 3.05) is 7.11 Å². The highest BCUT2D eigenvalue weighted by atomic mass is 19.1. The van der Waals surface area contributed by atoms with Crippen molar-refractivity contribution in [1.82, 2.24) is 0 Å². The molecule has 0 heterocycles. The van der Waals surface area contributed by atoms with Crippen LogP contribution in [0.25, 0.3) is 0 Å². The van der Waals surface area contributed by atoms with Crippen LogP contribution in [0.3, 0.4) is 0 Å². The highest BCUT2D eigenvalue weighted by Crippen LogP contribution is 2.19. The normalized spacial score (nSPS) is 9.75. The lowest BCUT2D eigenvalue weighted by Crippen LogP contribution is -1.91. The van der Waals surface area contributed by atoms with E-state index in [1.54, 1.807) is 26.2 Å². The molecule has 0 aliphatic carbocycles. The van der Waals surface area contributed by atoms with Crippen molar-refractivity contribution in [2.45, 2.75) is 13.8 Å². The molecule has 0 N–H and O–H groups in total. The van der Waals surface area contributed by atoms with E-state index in [2.05, 4.69) is 23.7 Å². The summed E-state index contributed by atoms with van der Waals surface area (Å²) in [7, 11) is 1.62. The molecule has 138 valence electrons. The van der Waals surface area contributed by atoms with E-state index < -0.39 is 11.6 Å². The minimum atomic E-state index is -0.653. The first-order valence-electron chi connectivity index (χ1n) is 8.70. The summed E-state index contributed by atoms with van der Waals surface area (Å²) in [5, 5.41) is 0. The minimum absolute atomic E-state index is 0.221. The van der Waals surface area contributed by atoms with Gasteiger partial charge in [0.1, 0.15) is 17.4 Å². The molecule has 0 saturated carbocycles. The quantitative estimate of drug-likeness (QED) is 0.521. The lowest BCUT2D eigenvalue weighted by Gasteiger charge is -2.03. The fourth-order valence-electron chi connectivity index (χ4n) is 2.63. The Morgan fingerprint density at radius 3 is 1.82 bits per heavy atom. The van der Waals surface area contributed by atoms with Gasteiger partial charge < -0.3 is 4.74 Å². The van der Waals surface area contributed by atoms with Crippen LogP contribution in [-0.4, -0.2) is 7.11 Å². The van der Waals surface area contributed by atoms with Crippen molar-refractivity contribution in [3.8, 4) is 29.4 Å². The maximum Gasteiger partial charge on any atom is 0.142 e. The zero-order valence-electron chi connectivity index (χ0n) is 15.9. The Labute approximate surface area is 164 Å². The van der Waals surface area contributed by atoms with Crippen LogP contribution in [0.2, 0.25) is 0 Å². The van der Waals surface area contributed by atoms with Gasteiger partial charge in [0.2, 0.25) is 0 Å². The molecule has 0 unspecified atom stereocenters. The molecule has 3 heteroatoms. The first-order valence-corrected chi connectivity index (χ1v) is 8.70. The van der Waals surface area contributed by atoms with Crippen LogP contribution < -0.4 is 4.74 Å². The van der Waals surface area contributed by atoms with Crippen molar-refractivity contribution in [3.05, 3.63) is 99.6 Å². The zero-order valence-corrected chi connectivity index (χ0v) is 15.9. The molecule has 0 amide bonds. The summed E-state index contributed by atoms with van der Waals surface area (Å²) in [5.41, 5.74) is 3.67. The summed E-state index contributed by atoms with van der Waals surface area (Å²) in [5.74, 6) is 11.0. The zero-order chi connectivity index (χ0) is 20.1. The van der Waals surface area contributed by atoms with Crippen LogP contribution in [0.5, 0.6) is 5.75 Å². The van der Waals surface area contributed by atoms with E-state index >= 15 is 0 Å². The van der Waals surface area contributed by atoms with Crippen molar-refractivity contribution < 1.29 is 13.5 Å². The molecule has 1 nitrogen and oxygen atoms in total. The van der Waals surface area contributed by atoms with Gasteiger partial charge in [0, 0.05) is 11.1 Å². The predicted molar refractivity (Wildman–Crippen MR) is 107 cm³/mol. The van der Waals surface area contributed by atoms with Crippen LogP contribution in [0, 0.1) is 49.2 Å². The van der Waals surface area contributed by atoms with Crippen molar-refractivity contribution in [1.29, 1.82) is 0 Å². The first-order chi connectivity index (χ1) is 13.5. The fraction of sp³-hybridized carbons (Fsp3) is 0.120. The highest BCUT2D eigenvalue weighted by molar-refractivity contribution is 5.52. The maximum absolute atomic E-state index is 13.9. The molecule has 3 rings (SSSR count). The summed E-state index contributed by atoms with van der Waals surface area (Å²) >= 11 is 0. The van der Waals surface area contributed by atoms with E-state index in [1.807, 2.05) is 37.3 Å². The Morgan fingerprint density at radius 2 is 1.25 bits per heavy atom. The van der Waals surface area contributed by atoms with Crippen LogP contribution >= 0.6 is 0 Å². The second-order valence-electron chi connectivity index (χ2n) is 6.38. The second-order valence-corrected chi connectivity index (χ2v) is 6.38. The number of rotatable bonds is 1. The SMILES string of the molecule is COc1cc(C)ccc1C#Cc1ccc(C#Cc2c(F)cc(C)cc2F)cc1. The number of hydrogen-bond donors (Lipinski definition) is 0. The predicted octanol–water partition coefficient (Wildman–Crippen LogP) is 5.39. The molecule has 28 heavy (non-hydrogen) atoms. The van der Waals surface area contributed by atoms with Gasteiger partial charge in [-0.15, -0.1) is 0 Å². The van der Waals surface area contributed by atoms with Gasteiger partial charge in [-0.25, -0.2) is 8.78 Å². The molecular formula is C25H18F2O. The van der Waals surface area contributed by atoms with Crippen molar-refractivity contribution >= 4 is 0 Å². The van der Waals surface area contributed by atoms with Gasteiger partial charge in [0.25, 0.3) is 0 Å². The van der Waals surface area contributed by atoms with Crippen LogP contribution in [-0.2, 0) is 0 Å². The van der Waals surface area contributed by atoms with Gasteiger partial charge in [-0.05, 0) is 73.5 Å². The Bertz CT molecular complexity index is 1110. The van der Waals surface area contributed by atoms with Crippen molar-refractivity contribution in [3.63, 3.8) is 0 Å². The van der Waals surface area contributed by atoms with Gasteiger partial charge >= 0.3 is 0 Å². The maximum atomic E-state index is 13.9. The molecule has 0 aromatic heterocycles. The van der Waals surface area contributed by atoms with Crippen LogP contribution in [0.1, 0.15) is 33.4 Å². The number of ether oxygens (including phenoxy) is 1. The number of aryl methyl sites for hydroxylation is 2. The standard InChI is InChI=1S/C25H18F2O/c1-17-4-11-21(25(16-17)28-3)12-9-19-5-7-20(8-6-19)10-13-22-23(26)14-18(2)15-24(22)27/h4-8,11,14-16H,1-3H3. The number of hydrogen-bond acceptors (Lipinski definition) is 1. The molecule has 0 fully saturated rings.